The molecule has 7 heteroatoms. The number of hydrogen-bond donors (Lipinski definition) is 0. The molecule has 0 rings (SSSR count). The third kappa shape index (κ3) is 6.13. The summed E-state index contributed by atoms with van der Waals surface area (Å²) in [5.41, 5.74) is 0. The van der Waals surface area contributed by atoms with E-state index in [1.807, 2.05) is 0 Å². The molecule has 1 amide bonds. The van der Waals surface area contributed by atoms with E-state index >= 15 is 0 Å². The summed E-state index contributed by atoms with van der Waals surface area (Å²) < 4.78 is 41.1. The summed E-state index contributed by atoms with van der Waals surface area (Å²) >= 11 is 0. The number of carbonyl (C=O) groups excluding carboxylic acids is 2. The monoisotopic (exact) mass is 255 g/mol. The van der Waals surface area contributed by atoms with Crippen LogP contribution in [0, 0.1) is 0 Å². The fraction of sp³-hybridized carbons (Fsp3) is 0.800. The van der Waals surface area contributed by atoms with Crippen molar-refractivity contribution < 1.29 is 27.5 Å². The van der Waals surface area contributed by atoms with Crippen molar-refractivity contribution in [2.24, 2.45) is 0 Å². The van der Waals surface area contributed by atoms with Crippen LogP contribution in [-0.4, -0.2) is 42.6 Å². The number of alkyl halides is 3. The zero-order valence-corrected chi connectivity index (χ0v) is 9.84. The van der Waals surface area contributed by atoms with Crippen molar-refractivity contribution in [3.05, 3.63) is 0 Å². The fourth-order valence-electron chi connectivity index (χ4n) is 1.22. The Kier molecular flexibility index (Phi) is 6.60. The van der Waals surface area contributed by atoms with Crippen LogP contribution in [0.4, 0.5) is 13.2 Å². The average molecular weight is 255 g/mol. The molecular formula is C10H16F3NO3. The van der Waals surface area contributed by atoms with Gasteiger partial charge in [-0.25, -0.2) is 0 Å². The lowest BCUT2D eigenvalue weighted by atomic mass is 10.3. The molecule has 0 unspecified atom stereocenters. The zero-order valence-electron chi connectivity index (χ0n) is 9.84. The fourth-order valence-corrected chi connectivity index (χ4v) is 1.22. The summed E-state index contributed by atoms with van der Waals surface area (Å²) in [6.07, 6.45) is -4.73. The van der Waals surface area contributed by atoms with Crippen molar-refractivity contribution in [1.29, 1.82) is 0 Å². The van der Waals surface area contributed by atoms with Crippen LogP contribution in [0.15, 0.2) is 0 Å². The van der Waals surface area contributed by atoms with Crippen LogP contribution in [0.5, 0.6) is 0 Å². The number of ether oxygens (including phenoxy) is 1. The Labute approximate surface area is 97.7 Å². The van der Waals surface area contributed by atoms with Crippen molar-refractivity contribution in [3.63, 3.8) is 0 Å². The molecule has 0 aromatic heterocycles. The topological polar surface area (TPSA) is 46.6 Å². The average Bonchev–Trinajstić information content (AvgIpc) is 2.22. The van der Waals surface area contributed by atoms with Gasteiger partial charge in [-0.2, -0.15) is 13.2 Å². The predicted octanol–water partition coefficient (Wildman–Crippen LogP) is 1.74. The molecule has 0 aromatic carbocycles. The van der Waals surface area contributed by atoms with Crippen molar-refractivity contribution >= 4 is 11.9 Å². The van der Waals surface area contributed by atoms with Crippen LogP contribution >= 0.6 is 0 Å². The second-order valence-corrected chi connectivity index (χ2v) is 3.34. The van der Waals surface area contributed by atoms with Crippen LogP contribution < -0.4 is 0 Å². The first-order chi connectivity index (χ1) is 7.82. The summed E-state index contributed by atoms with van der Waals surface area (Å²) in [6.45, 7) is 3.12. The summed E-state index contributed by atoms with van der Waals surface area (Å²) in [5, 5.41) is 0. The molecule has 0 heterocycles. The Morgan fingerprint density at radius 1 is 1.18 bits per heavy atom. The van der Waals surface area contributed by atoms with Gasteiger partial charge in [0.15, 0.2) is 0 Å². The first kappa shape index (κ1) is 15.7. The van der Waals surface area contributed by atoms with Crippen LogP contribution in [-0.2, 0) is 14.3 Å². The number of esters is 1. The quantitative estimate of drug-likeness (QED) is 0.679. The molecule has 0 saturated carbocycles. The van der Waals surface area contributed by atoms with E-state index in [2.05, 4.69) is 4.74 Å². The highest BCUT2D eigenvalue weighted by Crippen LogP contribution is 2.18. The molecule has 0 aliphatic rings. The van der Waals surface area contributed by atoms with Gasteiger partial charge >= 0.3 is 18.1 Å². The maximum Gasteiger partial charge on any atom is 0.471 e. The highest BCUT2D eigenvalue weighted by molar-refractivity contribution is 5.82. The van der Waals surface area contributed by atoms with Crippen LogP contribution in [0.3, 0.4) is 0 Å². The van der Waals surface area contributed by atoms with E-state index in [9.17, 15) is 22.8 Å². The Morgan fingerprint density at radius 2 is 1.76 bits per heavy atom. The van der Waals surface area contributed by atoms with Gasteiger partial charge in [0.1, 0.15) is 0 Å². The molecule has 100 valence electrons. The zero-order chi connectivity index (χ0) is 13.5. The van der Waals surface area contributed by atoms with Gasteiger partial charge < -0.3 is 9.64 Å². The molecule has 0 saturated heterocycles. The van der Waals surface area contributed by atoms with Gasteiger partial charge in [0.25, 0.3) is 0 Å². The van der Waals surface area contributed by atoms with E-state index < -0.39 is 18.1 Å². The number of hydrogen-bond acceptors (Lipinski definition) is 3. The van der Waals surface area contributed by atoms with Crippen molar-refractivity contribution in [2.75, 3.05) is 19.7 Å². The molecule has 4 nitrogen and oxygen atoms in total. The molecule has 0 N–H and O–H groups in total. The second kappa shape index (κ2) is 7.13. The number of carbonyl (C=O) groups is 2. The Balaban J connectivity index is 4.34. The van der Waals surface area contributed by atoms with E-state index in [1.165, 1.54) is 0 Å². The minimum Gasteiger partial charge on any atom is -0.466 e. The molecule has 0 bridgehead atoms. The SMILES string of the molecule is CCCN(CCC(=O)OCC)C(=O)C(F)(F)F. The predicted molar refractivity (Wildman–Crippen MR) is 54.2 cm³/mol. The minimum absolute atomic E-state index is 0.0300. The highest BCUT2D eigenvalue weighted by atomic mass is 19.4. The Hall–Kier alpha value is -1.27. The van der Waals surface area contributed by atoms with E-state index in [4.69, 9.17) is 0 Å². The molecule has 0 spiro atoms. The maximum atomic E-state index is 12.2. The first-order valence-electron chi connectivity index (χ1n) is 5.34. The smallest absolute Gasteiger partial charge is 0.466 e. The number of rotatable bonds is 6. The van der Waals surface area contributed by atoms with Gasteiger partial charge in [-0.1, -0.05) is 6.92 Å². The third-order valence-electron chi connectivity index (χ3n) is 1.91. The van der Waals surface area contributed by atoms with Crippen LogP contribution in [0.2, 0.25) is 0 Å². The first-order valence-corrected chi connectivity index (χ1v) is 5.34. The molecule has 0 aromatic rings. The molecule has 17 heavy (non-hydrogen) atoms. The lowest BCUT2D eigenvalue weighted by Crippen LogP contribution is -2.42. The number of nitrogens with zero attached hydrogens (tertiary/aromatic N) is 1. The summed E-state index contributed by atoms with van der Waals surface area (Å²) in [4.78, 5) is 22.6. The van der Waals surface area contributed by atoms with Gasteiger partial charge in [-0.05, 0) is 13.3 Å². The number of amides is 1. The summed E-state index contributed by atoms with van der Waals surface area (Å²) in [5.74, 6) is -2.52. The van der Waals surface area contributed by atoms with Gasteiger partial charge in [0.05, 0.1) is 13.0 Å². The van der Waals surface area contributed by atoms with E-state index in [0.29, 0.717) is 11.3 Å². The van der Waals surface area contributed by atoms with Crippen molar-refractivity contribution in [2.45, 2.75) is 32.9 Å². The van der Waals surface area contributed by atoms with Gasteiger partial charge in [0.2, 0.25) is 0 Å². The van der Waals surface area contributed by atoms with Gasteiger partial charge in [-0.3, -0.25) is 9.59 Å². The molecule has 0 aliphatic carbocycles. The van der Waals surface area contributed by atoms with E-state index in [-0.39, 0.29) is 26.1 Å². The largest absolute Gasteiger partial charge is 0.471 e. The molecule has 0 radical (unpaired) electrons. The van der Waals surface area contributed by atoms with Crippen LogP contribution in [0.1, 0.15) is 26.7 Å². The van der Waals surface area contributed by atoms with Crippen molar-refractivity contribution in [3.8, 4) is 0 Å². The van der Waals surface area contributed by atoms with Crippen molar-refractivity contribution in [1.82, 2.24) is 4.90 Å². The normalized spacial score (nSPS) is 11.1. The Bertz CT molecular complexity index is 266. The lowest BCUT2D eigenvalue weighted by molar-refractivity contribution is -0.185. The molecule has 0 aliphatic heterocycles. The molecule has 0 fully saturated rings. The maximum absolute atomic E-state index is 12.2. The summed E-state index contributed by atoms with van der Waals surface area (Å²) in [6, 6.07) is 0. The third-order valence-corrected chi connectivity index (χ3v) is 1.91. The standard InChI is InChI=1S/C10H16F3NO3/c1-3-6-14(9(16)10(11,12)13)7-5-8(15)17-4-2/h3-7H2,1-2H3. The van der Waals surface area contributed by atoms with E-state index in [1.54, 1.807) is 13.8 Å². The lowest BCUT2D eigenvalue weighted by Gasteiger charge is -2.22. The minimum atomic E-state index is -4.90. The second-order valence-electron chi connectivity index (χ2n) is 3.34. The molecular weight excluding hydrogens is 239 g/mol. The van der Waals surface area contributed by atoms with Crippen LogP contribution in [0.25, 0.3) is 0 Å². The summed E-state index contributed by atoms with van der Waals surface area (Å²) in [7, 11) is 0. The van der Waals surface area contributed by atoms with Gasteiger partial charge in [-0.15, -0.1) is 0 Å². The highest BCUT2D eigenvalue weighted by Gasteiger charge is 2.42. The molecule has 0 atom stereocenters. The number of halogens is 3. The Morgan fingerprint density at radius 3 is 2.18 bits per heavy atom. The van der Waals surface area contributed by atoms with Gasteiger partial charge in [0, 0.05) is 13.1 Å². The van der Waals surface area contributed by atoms with E-state index in [0.717, 1.165) is 0 Å².